The third kappa shape index (κ3) is 3.47. The molecule has 0 amide bonds. The second-order valence-corrected chi connectivity index (χ2v) is 7.30. The summed E-state index contributed by atoms with van der Waals surface area (Å²) in [7, 11) is 3.05. The van der Waals surface area contributed by atoms with Gasteiger partial charge in [-0.05, 0) is 29.7 Å². The maximum absolute atomic E-state index is 12.9. The van der Waals surface area contributed by atoms with Gasteiger partial charge in [0.25, 0.3) is 5.56 Å². The Morgan fingerprint density at radius 3 is 2.34 bits per heavy atom. The highest BCUT2D eigenvalue weighted by Gasteiger charge is 2.22. The zero-order valence-electron chi connectivity index (χ0n) is 16.1. The largest absolute Gasteiger partial charge is 0.423 e. The Bertz CT molecular complexity index is 1290. The Morgan fingerprint density at radius 2 is 1.66 bits per heavy atom. The molecule has 4 rings (SSSR count). The first kappa shape index (κ1) is 19.1. The Kier molecular flexibility index (Phi) is 5.03. The number of rotatable bonds is 5. The van der Waals surface area contributed by atoms with E-state index < -0.39 is 11.2 Å². The van der Waals surface area contributed by atoms with Gasteiger partial charge < -0.3 is 9.73 Å². The Hall–Kier alpha value is -3.25. The van der Waals surface area contributed by atoms with E-state index >= 15 is 0 Å². The average Bonchev–Trinajstić information content (AvgIpc) is 3.12. The topological polar surface area (TPSA) is 69.2 Å². The van der Waals surface area contributed by atoms with Crippen LogP contribution in [0.2, 0.25) is 5.02 Å². The number of fused-ring (bicyclic) bond motifs is 1. The van der Waals surface area contributed by atoms with Gasteiger partial charge in [-0.1, -0.05) is 54.1 Å². The summed E-state index contributed by atoms with van der Waals surface area (Å²) in [6.45, 7) is 0.610. The van der Waals surface area contributed by atoms with E-state index in [-0.39, 0.29) is 5.71 Å². The van der Waals surface area contributed by atoms with E-state index in [1.807, 2.05) is 30.3 Å². The van der Waals surface area contributed by atoms with E-state index in [0.717, 1.165) is 16.6 Å². The second kappa shape index (κ2) is 7.64. The quantitative estimate of drug-likeness (QED) is 0.544. The minimum atomic E-state index is -0.435. The standard InChI is InChI=1S/C22H20ClN3O3/c1-25-20(27)18-17(15-8-10-16(23)11-9-15)19(29-21(18)26(2)22(25)28)24-13-12-14-6-4-3-5-7-14/h3-11,24H,12-13H2,1-2H3. The third-order valence-corrected chi connectivity index (χ3v) is 5.21. The van der Waals surface area contributed by atoms with E-state index in [2.05, 4.69) is 17.4 Å². The summed E-state index contributed by atoms with van der Waals surface area (Å²) in [5.74, 6) is 0.455. The highest BCUT2D eigenvalue weighted by atomic mass is 35.5. The van der Waals surface area contributed by atoms with Crippen molar-refractivity contribution in [3.05, 3.63) is 86.0 Å². The van der Waals surface area contributed by atoms with Gasteiger partial charge in [0.2, 0.25) is 11.6 Å². The van der Waals surface area contributed by atoms with Gasteiger partial charge in [0.1, 0.15) is 5.39 Å². The molecule has 0 bridgehead atoms. The van der Waals surface area contributed by atoms with Gasteiger partial charge in [0.05, 0.1) is 5.56 Å². The highest BCUT2D eigenvalue weighted by molar-refractivity contribution is 6.30. The lowest BCUT2D eigenvalue weighted by atomic mass is 10.1. The molecule has 2 aromatic heterocycles. The summed E-state index contributed by atoms with van der Waals surface area (Å²) < 4.78 is 8.41. The molecule has 0 fully saturated rings. The number of nitrogens with zero attached hydrogens (tertiary/aromatic N) is 2. The van der Waals surface area contributed by atoms with Crippen LogP contribution in [0.15, 0.2) is 68.6 Å². The fraction of sp³-hybridized carbons (Fsp3) is 0.182. The first-order chi connectivity index (χ1) is 14.0. The van der Waals surface area contributed by atoms with Crippen LogP contribution in [0.25, 0.3) is 22.2 Å². The van der Waals surface area contributed by atoms with Crippen molar-refractivity contribution in [3.63, 3.8) is 0 Å². The molecular formula is C22H20ClN3O3. The number of aryl methyl sites for hydroxylation is 1. The van der Waals surface area contributed by atoms with Crippen molar-refractivity contribution in [3.8, 4) is 11.1 Å². The minimum Gasteiger partial charge on any atom is -0.423 e. The predicted octanol–water partition coefficient (Wildman–Crippen LogP) is 3.81. The Balaban J connectivity index is 1.84. The number of furan rings is 1. The number of hydrogen-bond acceptors (Lipinski definition) is 4. The smallest absolute Gasteiger partial charge is 0.333 e. The maximum atomic E-state index is 12.9. The van der Waals surface area contributed by atoms with Crippen molar-refractivity contribution in [2.75, 3.05) is 11.9 Å². The van der Waals surface area contributed by atoms with Crippen molar-refractivity contribution in [1.82, 2.24) is 9.13 Å². The molecule has 2 aromatic carbocycles. The van der Waals surface area contributed by atoms with E-state index in [0.29, 0.717) is 28.4 Å². The summed E-state index contributed by atoms with van der Waals surface area (Å²) >= 11 is 6.03. The van der Waals surface area contributed by atoms with E-state index in [9.17, 15) is 9.59 Å². The van der Waals surface area contributed by atoms with Gasteiger partial charge in [-0.25, -0.2) is 4.79 Å². The van der Waals surface area contributed by atoms with Crippen LogP contribution < -0.4 is 16.6 Å². The van der Waals surface area contributed by atoms with Gasteiger partial charge >= 0.3 is 5.69 Å². The first-order valence-electron chi connectivity index (χ1n) is 9.23. The maximum Gasteiger partial charge on any atom is 0.333 e. The van der Waals surface area contributed by atoms with Gasteiger partial charge in [-0.2, -0.15) is 0 Å². The van der Waals surface area contributed by atoms with Gasteiger partial charge in [-0.15, -0.1) is 0 Å². The minimum absolute atomic E-state index is 0.241. The lowest BCUT2D eigenvalue weighted by Crippen LogP contribution is -2.36. The van der Waals surface area contributed by atoms with E-state index in [1.165, 1.54) is 17.2 Å². The number of hydrogen-bond donors (Lipinski definition) is 1. The van der Waals surface area contributed by atoms with Crippen molar-refractivity contribution >= 4 is 28.6 Å². The lowest BCUT2D eigenvalue weighted by molar-refractivity contribution is 0.573. The van der Waals surface area contributed by atoms with Crippen LogP contribution in [-0.4, -0.2) is 15.7 Å². The molecule has 0 radical (unpaired) electrons. The molecule has 7 heteroatoms. The fourth-order valence-corrected chi connectivity index (χ4v) is 3.53. The fourth-order valence-electron chi connectivity index (χ4n) is 3.40. The third-order valence-electron chi connectivity index (χ3n) is 4.96. The molecule has 0 aliphatic rings. The van der Waals surface area contributed by atoms with E-state index in [1.54, 1.807) is 19.2 Å². The normalized spacial score (nSPS) is 11.1. The molecule has 0 unspecified atom stereocenters. The summed E-state index contributed by atoms with van der Waals surface area (Å²) in [5, 5.41) is 4.25. The van der Waals surface area contributed by atoms with Crippen molar-refractivity contribution in [2.45, 2.75) is 6.42 Å². The summed E-state index contributed by atoms with van der Waals surface area (Å²) in [4.78, 5) is 25.2. The monoisotopic (exact) mass is 409 g/mol. The molecule has 2 heterocycles. The van der Waals surface area contributed by atoms with Gasteiger partial charge in [0, 0.05) is 25.7 Å². The molecule has 0 atom stereocenters. The average molecular weight is 410 g/mol. The number of nitrogens with one attached hydrogen (secondary N) is 1. The van der Waals surface area contributed by atoms with E-state index in [4.69, 9.17) is 16.0 Å². The van der Waals surface area contributed by atoms with Crippen molar-refractivity contribution < 1.29 is 4.42 Å². The number of anilines is 1. The highest BCUT2D eigenvalue weighted by Crippen LogP contribution is 2.36. The zero-order valence-corrected chi connectivity index (χ0v) is 16.9. The van der Waals surface area contributed by atoms with Gasteiger partial charge in [-0.3, -0.25) is 13.9 Å². The van der Waals surface area contributed by atoms with Crippen LogP contribution in [0.4, 0.5) is 5.88 Å². The van der Waals surface area contributed by atoms with Crippen LogP contribution in [-0.2, 0) is 20.5 Å². The van der Waals surface area contributed by atoms with Crippen LogP contribution in [0, 0.1) is 0 Å². The van der Waals surface area contributed by atoms with Gasteiger partial charge in [0.15, 0.2) is 0 Å². The molecule has 0 aliphatic heterocycles. The molecule has 0 saturated heterocycles. The van der Waals surface area contributed by atoms with Crippen LogP contribution in [0.1, 0.15) is 5.56 Å². The molecule has 0 saturated carbocycles. The molecule has 0 aliphatic carbocycles. The molecular weight excluding hydrogens is 390 g/mol. The second-order valence-electron chi connectivity index (χ2n) is 6.86. The van der Waals surface area contributed by atoms with Crippen LogP contribution in [0.5, 0.6) is 0 Å². The number of benzene rings is 2. The Labute approximate surface area is 172 Å². The van der Waals surface area contributed by atoms with Crippen LogP contribution >= 0.6 is 11.6 Å². The Morgan fingerprint density at radius 1 is 0.966 bits per heavy atom. The number of halogens is 1. The van der Waals surface area contributed by atoms with Crippen LogP contribution in [0.3, 0.4) is 0 Å². The molecule has 29 heavy (non-hydrogen) atoms. The number of aromatic nitrogens is 2. The molecule has 148 valence electrons. The molecule has 1 N–H and O–H groups in total. The van der Waals surface area contributed by atoms with Crippen molar-refractivity contribution in [1.29, 1.82) is 0 Å². The first-order valence-corrected chi connectivity index (χ1v) is 9.61. The molecule has 0 spiro atoms. The summed E-state index contributed by atoms with van der Waals surface area (Å²) in [5.41, 5.74) is 2.01. The van der Waals surface area contributed by atoms with Crippen molar-refractivity contribution in [2.24, 2.45) is 14.1 Å². The summed E-state index contributed by atoms with van der Waals surface area (Å²) in [6.07, 6.45) is 0.787. The molecule has 4 aromatic rings. The predicted molar refractivity (Wildman–Crippen MR) is 116 cm³/mol. The zero-order chi connectivity index (χ0) is 20.5. The lowest BCUT2D eigenvalue weighted by Gasteiger charge is -2.07. The summed E-state index contributed by atoms with van der Waals surface area (Å²) in [6, 6.07) is 17.3. The SMILES string of the molecule is Cn1c(=O)c2c(-c3ccc(Cl)cc3)c(NCCc3ccccc3)oc2n(C)c1=O. The molecule has 6 nitrogen and oxygen atoms in total.